The zero-order chi connectivity index (χ0) is 10.3. The Morgan fingerprint density at radius 1 is 1.31 bits per heavy atom. The molecule has 0 aliphatic rings. The van der Waals surface area contributed by atoms with Crippen LogP contribution in [0.25, 0.3) is 0 Å². The lowest BCUT2D eigenvalue weighted by Crippen LogP contribution is -2.06. The molecule has 0 saturated carbocycles. The maximum absolute atomic E-state index is 5.38. The van der Waals surface area contributed by atoms with Crippen LogP contribution in [-0.4, -0.2) is 17.1 Å². The summed E-state index contributed by atoms with van der Waals surface area (Å²) in [6, 6.07) is 1.17. The predicted octanol–water partition coefficient (Wildman–Crippen LogP) is 4.48. The van der Waals surface area contributed by atoms with Gasteiger partial charge in [0.05, 0.1) is 6.61 Å². The number of unbranched alkanes of at least 4 members (excludes halogenated alkanes) is 1. The van der Waals surface area contributed by atoms with Crippen LogP contribution >= 0.6 is 45.9 Å². The van der Waals surface area contributed by atoms with Crippen LogP contribution in [0.15, 0.2) is 12.2 Å². The number of ether oxygens (including phenoxy) is 1. The van der Waals surface area contributed by atoms with Crippen LogP contribution in [0.1, 0.15) is 19.8 Å². The SMILES string of the molecule is C=C(C)COCCCC[Si](Br)(Br)Br. The second-order valence-electron chi connectivity index (χ2n) is 3.08. The van der Waals surface area contributed by atoms with Crippen LogP contribution < -0.4 is 0 Å². The Morgan fingerprint density at radius 3 is 2.38 bits per heavy atom. The van der Waals surface area contributed by atoms with E-state index in [0.717, 1.165) is 18.6 Å². The predicted molar refractivity (Wildman–Crippen MR) is 72.2 cm³/mol. The summed E-state index contributed by atoms with van der Waals surface area (Å²) in [5.74, 6) is 0. The monoisotopic (exact) mass is 392 g/mol. The van der Waals surface area contributed by atoms with Gasteiger partial charge in [0.15, 0.2) is 0 Å². The summed E-state index contributed by atoms with van der Waals surface area (Å²) >= 11 is 10.8. The Hall–Kier alpha value is 1.36. The third-order valence-electron chi connectivity index (χ3n) is 1.35. The smallest absolute Gasteiger partial charge is 0.267 e. The fraction of sp³-hybridized carbons (Fsp3) is 0.750. The van der Waals surface area contributed by atoms with Crippen LogP contribution in [0, 0.1) is 0 Å². The largest absolute Gasteiger partial charge is 0.377 e. The van der Waals surface area contributed by atoms with Gasteiger partial charge in [0.2, 0.25) is 0 Å². The van der Waals surface area contributed by atoms with Crippen molar-refractivity contribution in [3.05, 3.63) is 12.2 Å². The minimum Gasteiger partial charge on any atom is -0.377 e. The molecule has 13 heavy (non-hydrogen) atoms. The molecular weight excluding hydrogens is 380 g/mol. The van der Waals surface area contributed by atoms with Crippen LogP contribution in [0.4, 0.5) is 0 Å². The fourth-order valence-electron chi connectivity index (χ4n) is 0.776. The summed E-state index contributed by atoms with van der Waals surface area (Å²) in [4.78, 5) is 0. The van der Waals surface area contributed by atoms with Gasteiger partial charge in [-0.15, -0.1) is 0 Å². The molecule has 1 nitrogen and oxygen atoms in total. The lowest BCUT2D eigenvalue weighted by Gasteiger charge is -2.08. The van der Waals surface area contributed by atoms with E-state index < -0.39 is 3.93 Å². The molecule has 0 aromatic rings. The van der Waals surface area contributed by atoms with Gasteiger partial charge in [0, 0.05) is 6.61 Å². The Labute approximate surface area is 105 Å². The Bertz CT molecular complexity index is 156. The second kappa shape index (κ2) is 7.62. The molecule has 0 aromatic heterocycles. The standard InChI is InChI=1S/C8H15Br3OSi/c1-8(2)7-12-5-3-4-6-13(9,10)11/h1,3-7H2,2H3. The fourth-order valence-corrected chi connectivity index (χ4v) is 3.95. The summed E-state index contributed by atoms with van der Waals surface area (Å²) in [7, 11) is 0. The van der Waals surface area contributed by atoms with E-state index in [1.54, 1.807) is 0 Å². The van der Waals surface area contributed by atoms with Crippen LogP contribution in [0.2, 0.25) is 6.04 Å². The van der Waals surface area contributed by atoms with E-state index in [9.17, 15) is 0 Å². The number of halogens is 3. The normalized spacial score (nSPS) is 11.7. The summed E-state index contributed by atoms with van der Waals surface area (Å²) in [5, 5.41) is 0. The molecule has 0 unspecified atom stereocenters. The highest BCUT2D eigenvalue weighted by atomic mass is 80.0. The third kappa shape index (κ3) is 13.4. The molecule has 0 spiro atoms. The van der Waals surface area contributed by atoms with E-state index in [-0.39, 0.29) is 0 Å². The van der Waals surface area contributed by atoms with Gasteiger partial charge in [-0.25, -0.2) is 0 Å². The van der Waals surface area contributed by atoms with Crippen molar-refractivity contribution in [2.24, 2.45) is 0 Å². The van der Waals surface area contributed by atoms with Crippen LogP contribution in [-0.2, 0) is 4.74 Å². The van der Waals surface area contributed by atoms with Gasteiger partial charge in [-0.2, -0.15) is 0 Å². The molecule has 0 aromatic carbocycles. The molecule has 0 aliphatic carbocycles. The third-order valence-corrected chi connectivity index (χ3v) is 5.84. The van der Waals surface area contributed by atoms with Gasteiger partial charge in [0.1, 0.15) is 0 Å². The molecule has 0 atom stereocenters. The molecule has 0 fully saturated rings. The Balaban J connectivity index is 3.13. The van der Waals surface area contributed by atoms with Crippen molar-refractivity contribution in [2.45, 2.75) is 25.8 Å². The molecule has 0 radical (unpaired) electrons. The van der Waals surface area contributed by atoms with Crippen molar-refractivity contribution in [3.8, 4) is 0 Å². The minimum absolute atomic E-state index is 0.694. The topological polar surface area (TPSA) is 9.23 Å². The van der Waals surface area contributed by atoms with Crippen molar-refractivity contribution in [1.82, 2.24) is 0 Å². The second-order valence-corrected chi connectivity index (χ2v) is 26.6. The molecule has 0 N–H and O–H groups in total. The van der Waals surface area contributed by atoms with E-state index in [2.05, 4.69) is 52.5 Å². The van der Waals surface area contributed by atoms with E-state index in [0.29, 0.717) is 6.61 Å². The summed E-state index contributed by atoms with van der Waals surface area (Å²) in [6.45, 7) is 7.28. The van der Waals surface area contributed by atoms with E-state index in [4.69, 9.17) is 4.74 Å². The number of hydrogen-bond acceptors (Lipinski definition) is 1. The van der Waals surface area contributed by atoms with Crippen molar-refractivity contribution in [1.29, 1.82) is 0 Å². The maximum atomic E-state index is 5.38. The molecule has 5 heteroatoms. The Morgan fingerprint density at radius 2 is 1.92 bits per heavy atom. The first-order chi connectivity index (χ1) is 5.92. The maximum Gasteiger partial charge on any atom is 0.267 e. The molecule has 0 aliphatic heterocycles. The zero-order valence-corrected chi connectivity index (χ0v) is 13.5. The van der Waals surface area contributed by atoms with Crippen molar-refractivity contribution in [2.75, 3.05) is 13.2 Å². The summed E-state index contributed by atoms with van der Waals surface area (Å²) < 4.78 is 4.00. The average Bonchev–Trinajstić information content (AvgIpc) is 1.93. The van der Waals surface area contributed by atoms with Gasteiger partial charge >= 0.3 is 0 Å². The first-order valence-electron chi connectivity index (χ1n) is 4.20. The molecular formula is C8H15Br3OSi. The van der Waals surface area contributed by atoms with Crippen molar-refractivity contribution < 1.29 is 4.74 Å². The van der Waals surface area contributed by atoms with Gasteiger partial charge < -0.3 is 4.74 Å². The average molecular weight is 395 g/mol. The molecule has 0 heterocycles. The van der Waals surface area contributed by atoms with Gasteiger partial charge in [-0.1, -0.05) is 64.5 Å². The first kappa shape index (κ1) is 14.4. The van der Waals surface area contributed by atoms with Crippen molar-refractivity contribution in [3.63, 3.8) is 0 Å². The highest BCUT2D eigenvalue weighted by Gasteiger charge is 2.20. The first-order valence-corrected chi connectivity index (χ1v) is 13.2. The van der Waals surface area contributed by atoms with Gasteiger partial charge in [-0.3, -0.25) is 0 Å². The van der Waals surface area contributed by atoms with Gasteiger partial charge in [0.25, 0.3) is 3.93 Å². The highest BCUT2D eigenvalue weighted by molar-refractivity contribution is 9.72. The lowest BCUT2D eigenvalue weighted by molar-refractivity contribution is 0.153. The minimum atomic E-state index is -1.37. The van der Waals surface area contributed by atoms with E-state index in [1.165, 1.54) is 12.5 Å². The quantitative estimate of drug-likeness (QED) is 0.267. The molecule has 0 bridgehead atoms. The molecule has 0 amide bonds. The molecule has 0 saturated heterocycles. The molecule has 78 valence electrons. The van der Waals surface area contributed by atoms with E-state index in [1.807, 2.05) is 6.92 Å². The van der Waals surface area contributed by atoms with E-state index >= 15 is 0 Å². The van der Waals surface area contributed by atoms with Crippen molar-refractivity contribution >= 4 is 49.8 Å². The summed E-state index contributed by atoms with van der Waals surface area (Å²) in [6.07, 6.45) is 2.30. The summed E-state index contributed by atoms with van der Waals surface area (Å²) in [5.41, 5.74) is 1.09. The lowest BCUT2D eigenvalue weighted by atomic mass is 10.3. The number of rotatable bonds is 7. The zero-order valence-electron chi connectivity index (χ0n) is 7.78. The van der Waals surface area contributed by atoms with Crippen LogP contribution in [0.3, 0.4) is 0 Å². The molecule has 0 rings (SSSR count). The highest BCUT2D eigenvalue weighted by Crippen LogP contribution is 2.33. The Kier molecular flexibility index (Phi) is 8.42. The van der Waals surface area contributed by atoms with Gasteiger partial charge in [-0.05, 0) is 19.4 Å². The van der Waals surface area contributed by atoms with Crippen LogP contribution in [0.5, 0.6) is 0 Å². The number of hydrogen-bond donors (Lipinski definition) is 0.